The van der Waals surface area contributed by atoms with Crippen molar-refractivity contribution in [3.63, 3.8) is 0 Å². The molecule has 0 aliphatic carbocycles. The molecular formula is C18H24N4O2. The zero-order valence-electron chi connectivity index (χ0n) is 14.5. The van der Waals surface area contributed by atoms with E-state index in [-0.39, 0.29) is 11.9 Å². The number of aryl methyl sites for hydroxylation is 2. The van der Waals surface area contributed by atoms with Crippen molar-refractivity contribution in [1.82, 2.24) is 20.0 Å². The summed E-state index contributed by atoms with van der Waals surface area (Å²) in [6.07, 6.45) is 0.827. The number of nitrogens with zero attached hydrogens (tertiary/aromatic N) is 3. The summed E-state index contributed by atoms with van der Waals surface area (Å²) in [4.78, 5) is 14.5. The molecule has 1 aromatic carbocycles. The van der Waals surface area contributed by atoms with Crippen LogP contribution >= 0.6 is 0 Å². The van der Waals surface area contributed by atoms with Crippen LogP contribution in [0, 0.1) is 6.92 Å². The molecule has 1 unspecified atom stereocenters. The van der Waals surface area contributed by atoms with Gasteiger partial charge in [-0.1, -0.05) is 30.3 Å². The number of hydrogen-bond acceptors (Lipinski definition) is 4. The van der Waals surface area contributed by atoms with Gasteiger partial charge in [0, 0.05) is 26.7 Å². The van der Waals surface area contributed by atoms with E-state index in [1.807, 2.05) is 37.1 Å². The summed E-state index contributed by atoms with van der Waals surface area (Å²) in [5, 5.41) is 7.74. The second kappa shape index (κ2) is 7.05. The average Bonchev–Trinajstić information content (AvgIpc) is 3.06. The lowest BCUT2D eigenvalue weighted by Gasteiger charge is -2.17. The van der Waals surface area contributed by atoms with E-state index in [1.54, 1.807) is 11.8 Å². The van der Waals surface area contributed by atoms with Crippen molar-refractivity contribution in [1.29, 1.82) is 0 Å². The number of rotatable bonds is 6. The van der Waals surface area contributed by atoms with Gasteiger partial charge < -0.3 is 15.0 Å². The number of carbonyl (C=O) groups is 1. The molecule has 1 fully saturated rings. The topological polar surface area (TPSA) is 59.4 Å². The summed E-state index contributed by atoms with van der Waals surface area (Å²) in [5.74, 6) is 0.908. The van der Waals surface area contributed by atoms with E-state index in [9.17, 15) is 4.79 Å². The molecule has 6 heteroatoms. The largest absolute Gasteiger partial charge is 0.481 e. The van der Waals surface area contributed by atoms with Gasteiger partial charge in [-0.3, -0.25) is 4.79 Å². The van der Waals surface area contributed by atoms with E-state index in [4.69, 9.17) is 4.74 Å². The summed E-state index contributed by atoms with van der Waals surface area (Å²) in [5.41, 5.74) is 3.10. The van der Waals surface area contributed by atoms with Crippen LogP contribution in [0.3, 0.4) is 0 Å². The summed E-state index contributed by atoms with van der Waals surface area (Å²) in [7, 11) is 3.50. The highest BCUT2D eigenvalue weighted by Gasteiger charge is 2.31. The third-order valence-corrected chi connectivity index (χ3v) is 4.52. The van der Waals surface area contributed by atoms with E-state index < -0.39 is 0 Å². The van der Waals surface area contributed by atoms with Gasteiger partial charge >= 0.3 is 0 Å². The van der Waals surface area contributed by atoms with Gasteiger partial charge in [0.1, 0.15) is 0 Å². The first kappa shape index (κ1) is 16.5. The average molecular weight is 328 g/mol. The second-order valence-corrected chi connectivity index (χ2v) is 6.16. The maximum Gasteiger partial charge on any atom is 0.240 e. The lowest BCUT2D eigenvalue weighted by atomic mass is 10.2. The first-order chi connectivity index (χ1) is 11.6. The fourth-order valence-electron chi connectivity index (χ4n) is 3.25. The molecule has 1 N–H and O–H groups in total. The third-order valence-electron chi connectivity index (χ3n) is 4.52. The van der Waals surface area contributed by atoms with Crippen LogP contribution in [0.5, 0.6) is 5.88 Å². The number of benzene rings is 1. The normalized spacial score (nSPS) is 17.5. The first-order valence-corrected chi connectivity index (χ1v) is 8.22. The van der Waals surface area contributed by atoms with Crippen LogP contribution in [0.15, 0.2) is 30.3 Å². The predicted octanol–water partition coefficient (Wildman–Crippen LogP) is 1.63. The number of ether oxygens (including phenoxy) is 1. The molecule has 1 atom stereocenters. The molecule has 24 heavy (non-hydrogen) atoms. The highest BCUT2D eigenvalue weighted by molar-refractivity contribution is 5.84. The van der Waals surface area contributed by atoms with Crippen LogP contribution in [-0.2, 0) is 24.9 Å². The third kappa shape index (κ3) is 3.28. The van der Waals surface area contributed by atoms with Gasteiger partial charge in [0.2, 0.25) is 11.8 Å². The number of nitrogens with one attached hydrogen (secondary N) is 1. The molecule has 0 saturated carbocycles. The fourth-order valence-corrected chi connectivity index (χ4v) is 3.25. The van der Waals surface area contributed by atoms with E-state index in [0.717, 1.165) is 35.7 Å². The molecule has 0 bridgehead atoms. The quantitative estimate of drug-likeness (QED) is 0.875. The number of likely N-dealkylation sites (tertiary alicyclic amines) is 1. The van der Waals surface area contributed by atoms with Crippen molar-refractivity contribution in [3.8, 4) is 5.88 Å². The van der Waals surface area contributed by atoms with Gasteiger partial charge in [-0.05, 0) is 18.9 Å². The fraction of sp³-hybridized carbons (Fsp3) is 0.444. The minimum Gasteiger partial charge on any atom is -0.481 e. The van der Waals surface area contributed by atoms with Crippen molar-refractivity contribution in [2.45, 2.75) is 32.5 Å². The lowest BCUT2D eigenvalue weighted by molar-refractivity contribution is -0.129. The Hall–Kier alpha value is -2.34. The number of amides is 1. The maximum absolute atomic E-state index is 12.6. The molecular weight excluding hydrogens is 304 g/mol. The Labute approximate surface area is 142 Å². The van der Waals surface area contributed by atoms with Crippen LogP contribution in [0.4, 0.5) is 0 Å². The zero-order chi connectivity index (χ0) is 17.1. The Morgan fingerprint density at radius 2 is 2.08 bits per heavy atom. The van der Waals surface area contributed by atoms with Crippen molar-refractivity contribution >= 4 is 5.91 Å². The zero-order valence-corrected chi connectivity index (χ0v) is 14.5. The summed E-state index contributed by atoms with van der Waals surface area (Å²) < 4.78 is 7.13. The summed E-state index contributed by atoms with van der Waals surface area (Å²) in [6.45, 7) is 4.00. The van der Waals surface area contributed by atoms with Gasteiger partial charge in [-0.15, -0.1) is 0 Å². The SMILES string of the molecule is COc1c(CNC2CCN(Cc3ccccc3)C2=O)c(C)nn1C. The minimum absolute atomic E-state index is 0.141. The molecule has 1 aliphatic heterocycles. The Kier molecular flexibility index (Phi) is 4.85. The highest BCUT2D eigenvalue weighted by Crippen LogP contribution is 2.22. The van der Waals surface area contributed by atoms with E-state index in [1.165, 1.54) is 0 Å². The highest BCUT2D eigenvalue weighted by atomic mass is 16.5. The van der Waals surface area contributed by atoms with Crippen LogP contribution in [0.1, 0.15) is 23.2 Å². The molecule has 2 aromatic rings. The molecule has 0 radical (unpaired) electrons. The number of aromatic nitrogens is 2. The maximum atomic E-state index is 12.6. The first-order valence-electron chi connectivity index (χ1n) is 8.22. The molecule has 128 valence electrons. The standard InChI is InChI=1S/C18H24N4O2/c1-13-15(18(24-3)21(2)20-13)11-19-16-9-10-22(17(16)23)12-14-7-5-4-6-8-14/h4-8,16,19H,9-12H2,1-3H3. The molecule has 2 heterocycles. The van der Waals surface area contributed by atoms with Gasteiger partial charge in [0.05, 0.1) is 24.4 Å². The van der Waals surface area contributed by atoms with Crippen molar-refractivity contribution in [2.75, 3.05) is 13.7 Å². The smallest absolute Gasteiger partial charge is 0.240 e. The van der Waals surface area contributed by atoms with Gasteiger partial charge in [-0.25, -0.2) is 4.68 Å². The number of hydrogen-bond donors (Lipinski definition) is 1. The van der Waals surface area contributed by atoms with Crippen molar-refractivity contribution < 1.29 is 9.53 Å². The van der Waals surface area contributed by atoms with Gasteiger partial charge in [-0.2, -0.15) is 5.10 Å². The van der Waals surface area contributed by atoms with Crippen LogP contribution in [0.25, 0.3) is 0 Å². The van der Waals surface area contributed by atoms with Crippen molar-refractivity contribution in [3.05, 3.63) is 47.2 Å². The predicted molar refractivity (Wildman–Crippen MR) is 91.6 cm³/mol. The lowest BCUT2D eigenvalue weighted by Crippen LogP contribution is -2.37. The van der Waals surface area contributed by atoms with Gasteiger partial charge in [0.25, 0.3) is 0 Å². The Balaban J connectivity index is 1.60. The molecule has 1 amide bonds. The molecule has 1 aromatic heterocycles. The van der Waals surface area contributed by atoms with E-state index in [2.05, 4.69) is 22.5 Å². The van der Waals surface area contributed by atoms with Crippen LogP contribution in [-0.4, -0.2) is 40.3 Å². The van der Waals surface area contributed by atoms with Gasteiger partial charge in [0.15, 0.2) is 0 Å². The summed E-state index contributed by atoms with van der Waals surface area (Å²) in [6, 6.07) is 9.96. The molecule has 0 spiro atoms. The molecule has 1 saturated heterocycles. The Morgan fingerprint density at radius 1 is 1.33 bits per heavy atom. The molecule has 3 rings (SSSR count). The number of carbonyl (C=O) groups excluding carboxylic acids is 1. The second-order valence-electron chi connectivity index (χ2n) is 6.16. The minimum atomic E-state index is -0.141. The summed E-state index contributed by atoms with van der Waals surface area (Å²) >= 11 is 0. The van der Waals surface area contributed by atoms with Crippen LogP contribution < -0.4 is 10.1 Å². The Bertz CT molecular complexity index is 711. The Morgan fingerprint density at radius 3 is 2.79 bits per heavy atom. The molecule has 6 nitrogen and oxygen atoms in total. The van der Waals surface area contributed by atoms with Crippen LogP contribution in [0.2, 0.25) is 0 Å². The molecule has 1 aliphatic rings. The van der Waals surface area contributed by atoms with Crippen molar-refractivity contribution in [2.24, 2.45) is 7.05 Å². The monoisotopic (exact) mass is 328 g/mol. The van der Waals surface area contributed by atoms with E-state index in [0.29, 0.717) is 13.1 Å². The number of methoxy groups -OCH3 is 1. The van der Waals surface area contributed by atoms with E-state index >= 15 is 0 Å².